The molecule has 0 atom stereocenters. The Balaban J connectivity index is 2.29. The fourth-order valence-corrected chi connectivity index (χ4v) is 2.33. The number of benzene rings is 3. The molecule has 0 radical (unpaired) electrons. The lowest BCUT2D eigenvalue weighted by molar-refractivity contribution is 0.404. The van der Waals surface area contributed by atoms with Crippen LogP contribution in [0, 0.1) is 0 Å². The summed E-state index contributed by atoms with van der Waals surface area (Å²) in [5.74, 6) is -1.08. The molecule has 0 saturated heterocycles. The van der Waals surface area contributed by atoms with Crippen LogP contribution in [0.25, 0.3) is 21.9 Å². The van der Waals surface area contributed by atoms with E-state index >= 15 is 0 Å². The van der Waals surface area contributed by atoms with E-state index in [-0.39, 0.29) is 34.1 Å². The van der Waals surface area contributed by atoms with Gasteiger partial charge < -0.3 is 25.5 Å². The first-order chi connectivity index (χ1) is 9.97. The number of phenols is 5. The van der Waals surface area contributed by atoms with Crippen molar-refractivity contribution >= 4 is 10.8 Å². The molecule has 0 amide bonds. The molecule has 0 aliphatic carbocycles. The zero-order chi connectivity index (χ0) is 15.1. The number of fused-ring (bicyclic) bond motifs is 1. The van der Waals surface area contributed by atoms with Gasteiger partial charge in [-0.3, -0.25) is 0 Å². The third-order valence-electron chi connectivity index (χ3n) is 3.34. The Kier molecular flexibility index (Phi) is 2.76. The van der Waals surface area contributed by atoms with Crippen molar-refractivity contribution in [2.24, 2.45) is 0 Å². The third kappa shape index (κ3) is 2.04. The maximum absolute atomic E-state index is 10.3. The van der Waals surface area contributed by atoms with E-state index in [0.717, 1.165) is 6.07 Å². The van der Waals surface area contributed by atoms with E-state index in [2.05, 4.69) is 0 Å². The second-order valence-electron chi connectivity index (χ2n) is 4.73. The summed E-state index contributed by atoms with van der Waals surface area (Å²) in [5.41, 5.74) is 0.871. The van der Waals surface area contributed by atoms with E-state index in [1.807, 2.05) is 0 Å². The Morgan fingerprint density at radius 3 is 2.10 bits per heavy atom. The predicted octanol–water partition coefficient (Wildman–Crippen LogP) is 3.03. The number of rotatable bonds is 1. The predicted molar refractivity (Wildman–Crippen MR) is 77.7 cm³/mol. The number of hydrogen-bond donors (Lipinski definition) is 5. The molecule has 3 aromatic rings. The van der Waals surface area contributed by atoms with E-state index < -0.39 is 0 Å². The Morgan fingerprint density at radius 2 is 1.38 bits per heavy atom. The molecule has 0 heterocycles. The van der Waals surface area contributed by atoms with Gasteiger partial charge in [-0.25, -0.2) is 0 Å². The Hall–Kier alpha value is -3.08. The van der Waals surface area contributed by atoms with Crippen LogP contribution in [0.3, 0.4) is 0 Å². The Labute approximate surface area is 119 Å². The maximum Gasteiger partial charge on any atom is 0.158 e. The summed E-state index contributed by atoms with van der Waals surface area (Å²) >= 11 is 0. The minimum absolute atomic E-state index is 0.102. The fraction of sp³-hybridized carbons (Fsp3) is 0. The van der Waals surface area contributed by atoms with Gasteiger partial charge in [-0.15, -0.1) is 0 Å². The Bertz CT molecular complexity index is 855. The van der Waals surface area contributed by atoms with Gasteiger partial charge in [0.05, 0.1) is 5.39 Å². The van der Waals surface area contributed by atoms with Crippen LogP contribution in [0.2, 0.25) is 0 Å². The van der Waals surface area contributed by atoms with Gasteiger partial charge in [0, 0.05) is 11.6 Å². The molecule has 0 spiro atoms. The summed E-state index contributed by atoms with van der Waals surface area (Å²) in [5, 5.41) is 49.3. The molecule has 0 aliphatic rings. The molecule has 0 bridgehead atoms. The lowest BCUT2D eigenvalue weighted by Crippen LogP contribution is -1.83. The fourth-order valence-electron chi connectivity index (χ4n) is 2.33. The SMILES string of the molecule is Oc1cc(O)c2c(O)c(-c3ccc(O)c(O)c3)ccc2c1. The molecule has 0 aliphatic heterocycles. The summed E-state index contributed by atoms with van der Waals surface area (Å²) in [4.78, 5) is 0. The molecular weight excluding hydrogens is 272 g/mol. The Morgan fingerprint density at radius 1 is 0.619 bits per heavy atom. The van der Waals surface area contributed by atoms with Gasteiger partial charge in [0.15, 0.2) is 11.5 Å². The van der Waals surface area contributed by atoms with Gasteiger partial charge in [-0.05, 0) is 29.1 Å². The van der Waals surface area contributed by atoms with Crippen molar-refractivity contribution in [3.05, 3.63) is 42.5 Å². The molecule has 3 rings (SSSR count). The molecule has 106 valence electrons. The maximum atomic E-state index is 10.3. The van der Waals surface area contributed by atoms with Crippen molar-refractivity contribution in [1.29, 1.82) is 0 Å². The van der Waals surface area contributed by atoms with Crippen molar-refractivity contribution in [1.82, 2.24) is 0 Å². The van der Waals surface area contributed by atoms with Gasteiger partial charge in [-0.2, -0.15) is 0 Å². The monoisotopic (exact) mass is 284 g/mol. The second kappa shape index (κ2) is 4.49. The highest BCUT2D eigenvalue weighted by atomic mass is 16.3. The zero-order valence-electron chi connectivity index (χ0n) is 10.8. The van der Waals surface area contributed by atoms with Gasteiger partial charge in [0.1, 0.15) is 17.2 Å². The van der Waals surface area contributed by atoms with Crippen LogP contribution in [-0.2, 0) is 0 Å². The molecule has 0 saturated carbocycles. The average molecular weight is 284 g/mol. The van der Waals surface area contributed by atoms with E-state index in [4.69, 9.17) is 0 Å². The number of aromatic hydroxyl groups is 5. The lowest BCUT2D eigenvalue weighted by atomic mass is 9.98. The van der Waals surface area contributed by atoms with Crippen LogP contribution in [0.5, 0.6) is 28.7 Å². The molecule has 0 unspecified atom stereocenters. The summed E-state index contributed by atoms with van der Waals surface area (Å²) < 4.78 is 0. The minimum atomic E-state index is -0.304. The first-order valence-corrected chi connectivity index (χ1v) is 6.17. The summed E-state index contributed by atoms with van der Waals surface area (Å²) in [6.07, 6.45) is 0. The normalized spacial score (nSPS) is 10.9. The van der Waals surface area contributed by atoms with Crippen LogP contribution in [-0.4, -0.2) is 25.5 Å². The summed E-state index contributed by atoms with van der Waals surface area (Å²) in [6, 6.07) is 9.95. The second-order valence-corrected chi connectivity index (χ2v) is 4.73. The first-order valence-electron chi connectivity index (χ1n) is 6.17. The topological polar surface area (TPSA) is 101 Å². The van der Waals surface area contributed by atoms with Crippen molar-refractivity contribution in [2.45, 2.75) is 0 Å². The molecule has 5 nitrogen and oxygen atoms in total. The molecule has 3 aromatic carbocycles. The average Bonchev–Trinajstić information content (AvgIpc) is 2.41. The van der Waals surface area contributed by atoms with Crippen molar-refractivity contribution < 1.29 is 25.5 Å². The van der Waals surface area contributed by atoms with Crippen LogP contribution in [0.4, 0.5) is 0 Å². The number of phenolic OH excluding ortho intramolecular Hbond substituents is 5. The van der Waals surface area contributed by atoms with Crippen molar-refractivity contribution in [2.75, 3.05) is 0 Å². The van der Waals surface area contributed by atoms with Crippen LogP contribution < -0.4 is 0 Å². The molecule has 0 aromatic heterocycles. The van der Waals surface area contributed by atoms with E-state index in [1.165, 1.54) is 24.3 Å². The number of hydrogen-bond acceptors (Lipinski definition) is 5. The molecule has 21 heavy (non-hydrogen) atoms. The smallest absolute Gasteiger partial charge is 0.158 e. The van der Waals surface area contributed by atoms with Crippen LogP contribution >= 0.6 is 0 Å². The van der Waals surface area contributed by atoms with Crippen molar-refractivity contribution in [3.63, 3.8) is 0 Å². The van der Waals surface area contributed by atoms with Gasteiger partial charge in [-0.1, -0.05) is 18.2 Å². The van der Waals surface area contributed by atoms with Gasteiger partial charge in [0.2, 0.25) is 0 Å². The minimum Gasteiger partial charge on any atom is -0.508 e. The molecule has 5 heteroatoms. The highest BCUT2D eigenvalue weighted by Gasteiger charge is 2.14. The largest absolute Gasteiger partial charge is 0.508 e. The lowest BCUT2D eigenvalue weighted by Gasteiger charge is -2.11. The van der Waals surface area contributed by atoms with Crippen LogP contribution in [0.15, 0.2) is 42.5 Å². The standard InChI is InChI=1S/C16H12O5/c17-10-5-9-1-3-11(16(21)15(9)14(20)7-10)8-2-4-12(18)13(19)6-8/h1-7,17-21H. The molecule has 5 N–H and O–H groups in total. The van der Waals surface area contributed by atoms with E-state index in [9.17, 15) is 25.5 Å². The third-order valence-corrected chi connectivity index (χ3v) is 3.34. The van der Waals surface area contributed by atoms with Gasteiger partial charge >= 0.3 is 0 Å². The first kappa shape index (κ1) is 12.9. The quantitative estimate of drug-likeness (QED) is 0.442. The zero-order valence-corrected chi connectivity index (χ0v) is 10.8. The van der Waals surface area contributed by atoms with E-state index in [1.54, 1.807) is 12.1 Å². The van der Waals surface area contributed by atoms with E-state index in [0.29, 0.717) is 16.5 Å². The summed E-state index contributed by atoms with van der Waals surface area (Å²) in [6.45, 7) is 0. The molecule has 0 fully saturated rings. The highest BCUT2D eigenvalue weighted by Crippen LogP contribution is 2.43. The van der Waals surface area contributed by atoms with Gasteiger partial charge in [0.25, 0.3) is 0 Å². The summed E-state index contributed by atoms with van der Waals surface area (Å²) in [7, 11) is 0. The van der Waals surface area contributed by atoms with Crippen LogP contribution in [0.1, 0.15) is 0 Å². The molecular formula is C16H12O5. The van der Waals surface area contributed by atoms with Crippen molar-refractivity contribution in [3.8, 4) is 39.9 Å². The highest BCUT2D eigenvalue weighted by molar-refractivity contribution is 5.99.